The maximum Gasteiger partial charge on any atom is 0.291 e. The van der Waals surface area contributed by atoms with Crippen LogP contribution in [0.4, 0.5) is 5.69 Å². The maximum atomic E-state index is 12.3. The molecule has 0 aliphatic heterocycles. The summed E-state index contributed by atoms with van der Waals surface area (Å²) < 4.78 is 11.2. The zero-order valence-electron chi connectivity index (χ0n) is 14.3. The average Bonchev–Trinajstić information content (AvgIpc) is 3.08. The van der Waals surface area contributed by atoms with Crippen LogP contribution in [0, 0.1) is 13.8 Å². The van der Waals surface area contributed by atoms with Crippen LogP contribution in [0.5, 0.6) is 5.75 Å². The molecule has 4 nitrogen and oxygen atoms in total. The second kappa shape index (κ2) is 7.85. The van der Waals surface area contributed by atoms with Crippen molar-refractivity contribution in [2.24, 2.45) is 0 Å². The zero-order chi connectivity index (χ0) is 18.7. The standard InChI is InChI=1S/C20H17Cl2NO3/c1-12-3-4-14(21)10-18(12)23-20(24)19-8-6-16(26-19)11-25-15-5-7-17(22)13(2)9-15/h3-10H,11H2,1-2H3,(H,23,24). The van der Waals surface area contributed by atoms with Crippen molar-refractivity contribution in [1.82, 2.24) is 0 Å². The van der Waals surface area contributed by atoms with Gasteiger partial charge in [-0.25, -0.2) is 0 Å². The lowest BCUT2D eigenvalue weighted by Crippen LogP contribution is -2.11. The lowest BCUT2D eigenvalue weighted by molar-refractivity contribution is 0.0992. The van der Waals surface area contributed by atoms with Gasteiger partial charge in [-0.05, 0) is 67.4 Å². The molecule has 1 aromatic heterocycles. The summed E-state index contributed by atoms with van der Waals surface area (Å²) in [5.41, 5.74) is 2.49. The molecule has 3 rings (SSSR count). The largest absolute Gasteiger partial charge is 0.486 e. The average molecular weight is 390 g/mol. The van der Waals surface area contributed by atoms with Gasteiger partial charge in [0.1, 0.15) is 18.1 Å². The number of carbonyl (C=O) groups is 1. The molecule has 1 amide bonds. The van der Waals surface area contributed by atoms with Crippen molar-refractivity contribution in [3.05, 3.63) is 81.2 Å². The Morgan fingerprint density at radius 1 is 1.04 bits per heavy atom. The number of halogens is 2. The molecule has 0 fully saturated rings. The van der Waals surface area contributed by atoms with Crippen LogP contribution in [0.1, 0.15) is 27.4 Å². The minimum atomic E-state index is -0.344. The fourth-order valence-electron chi connectivity index (χ4n) is 2.35. The summed E-state index contributed by atoms with van der Waals surface area (Å²) >= 11 is 12.0. The van der Waals surface area contributed by atoms with Gasteiger partial charge in [-0.1, -0.05) is 29.3 Å². The van der Waals surface area contributed by atoms with Crippen molar-refractivity contribution >= 4 is 34.8 Å². The number of aryl methyl sites for hydroxylation is 2. The highest BCUT2D eigenvalue weighted by atomic mass is 35.5. The van der Waals surface area contributed by atoms with E-state index in [-0.39, 0.29) is 18.3 Å². The van der Waals surface area contributed by atoms with Crippen molar-refractivity contribution in [1.29, 1.82) is 0 Å². The summed E-state index contributed by atoms with van der Waals surface area (Å²) in [5, 5.41) is 4.03. The van der Waals surface area contributed by atoms with E-state index in [1.54, 1.807) is 36.4 Å². The zero-order valence-corrected chi connectivity index (χ0v) is 15.8. The molecule has 0 spiro atoms. The molecule has 1 N–H and O–H groups in total. The number of benzene rings is 2. The normalized spacial score (nSPS) is 10.6. The minimum absolute atomic E-state index is 0.204. The smallest absolute Gasteiger partial charge is 0.291 e. The van der Waals surface area contributed by atoms with E-state index in [9.17, 15) is 4.79 Å². The molecule has 1 heterocycles. The molecule has 0 aliphatic carbocycles. The molecule has 6 heteroatoms. The molecule has 0 bridgehead atoms. The topological polar surface area (TPSA) is 51.5 Å². The first kappa shape index (κ1) is 18.4. The van der Waals surface area contributed by atoms with Gasteiger partial charge in [0.25, 0.3) is 5.91 Å². The van der Waals surface area contributed by atoms with Gasteiger partial charge in [0, 0.05) is 15.7 Å². The number of nitrogens with one attached hydrogen (secondary N) is 1. The van der Waals surface area contributed by atoms with Crippen LogP contribution in [0.15, 0.2) is 52.9 Å². The Morgan fingerprint density at radius 2 is 1.85 bits per heavy atom. The predicted octanol–water partition coefficient (Wildman–Crippen LogP) is 6.03. The SMILES string of the molecule is Cc1cc(OCc2ccc(C(=O)Nc3cc(Cl)ccc3C)o2)ccc1Cl. The quantitative estimate of drug-likeness (QED) is 0.578. The summed E-state index contributed by atoms with van der Waals surface area (Å²) in [6.45, 7) is 4.01. The Labute approximate surface area is 161 Å². The van der Waals surface area contributed by atoms with Crippen molar-refractivity contribution < 1.29 is 13.9 Å². The molecule has 134 valence electrons. The van der Waals surface area contributed by atoms with E-state index in [1.165, 1.54) is 0 Å². The van der Waals surface area contributed by atoms with E-state index >= 15 is 0 Å². The Morgan fingerprint density at radius 3 is 2.62 bits per heavy atom. The van der Waals surface area contributed by atoms with E-state index in [0.29, 0.717) is 27.2 Å². The highest BCUT2D eigenvalue weighted by molar-refractivity contribution is 6.31. The molecule has 0 unspecified atom stereocenters. The third kappa shape index (κ3) is 4.40. The number of rotatable bonds is 5. The Balaban J connectivity index is 1.64. The molecule has 0 saturated carbocycles. The lowest BCUT2D eigenvalue weighted by Gasteiger charge is -2.08. The molecule has 2 aromatic carbocycles. The molecule has 0 radical (unpaired) electrons. The first-order valence-corrected chi connectivity index (χ1v) is 8.73. The van der Waals surface area contributed by atoms with E-state index in [0.717, 1.165) is 11.1 Å². The van der Waals surface area contributed by atoms with Crippen LogP contribution >= 0.6 is 23.2 Å². The number of hydrogen-bond acceptors (Lipinski definition) is 3. The number of hydrogen-bond donors (Lipinski definition) is 1. The van der Waals surface area contributed by atoms with Crippen molar-refractivity contribution in [2.75, 3.05) is 5.32 Å². The molecule has 3 aromatic rings. The van der Waals surface area contributed by atoms with Crippen LogP contribution in [0.2, 0.25) is 10.0 Å². The first-order valence-electron chi connectivity index (χ1n) is 7.97. The third-order valence-electron chi connectivity index (χ3n) is 3.84. The van der Waals surface area contributed by atoms with Gasteiger partial charge in [-0.2, -0.15) is 0 Å². The number of ether oxygens (including phenoxy) is 1. The molecular formula is C20H17Cl2NO3. The molecular weight excluding hydrogens is 373 g/mol. The van der Waals surface area contributed by atoms with Gasteiger partial charge in [0.05, 0.1) is 0 Å². The molecule has 26 heavy (non-hydrogen) atoms. The summed E-state index contributed by atoms with van der Waals surface area (Å²) in [6, 6.07) is 14.0. The van der Waals surface area contributed by atoms with Gasteiger partial charge in [0.15, 0.2) is 5.76 Å². The molecule has 0 aliphatic rings. The van der Waals surface area contributed by atoms with Gasteiger partial charge in [-0.3, -0.25) is 4.79 Å². The summed E-state index contributed by atoms with van der Waals surface area (Å²) in [6.07, 6.45) is 0. The highest BCUT2D eigenvalue weighted by Gasteiger charge is 2.13. The van der Waals surface area contributed by atoms with Crippen molar-refractivity contribution in [2.45, 2.75) is 20.5 Å². The number of amides is 1. The monoisotopic (exact) mass is 389 g/mol. The number of anilines is 1. The summed E-state index contributed by atoms with van der Waals surface area (Å²) in [4.78, 5) is 12.3. The Hall–Kier alpha value is -2.43. The van der Waals surface area contributed by atoms with E-state index in [2.05, 4.69) is 5.32 Å². The lowest BCUT2D eigenvalue weighted by atomic mass is 10.2. The van der Waals surface area contributed by atoms with E-state index < -0.39 is 0 Å². The van der Waals surface area contributed by atoms with Crippen LogP contribution in [-0.4, -0.2) is 5.91 Å². The van der Waals surface area contributed by atoms with E-state index in [4.69, 9.17) is 32.4 Å². The van der Waals surface area contributed by atoms with Crippen molar-refractivity contribution in [3.8, 4) is 5.75 Å². The Bertz CT molecular complexity index is 950. The number of furan rings is 1. The summed E-state index contributed by atoms with van der Waals surface area (Å²) in [7, 11) is 0. The fourth-order valence-corrected chi connectivity index (χ4v) is 2.64. The number of carbonyl (C=O) groups excluding carboxylic acids is 1. The fraction of sp³-hybridized carbons (Fsp3) is 0.150. The van der Waals surface area contributed by atoms with Gasteiger partial charge in [-0.15, -0.1) is 0 Å². The predicted molar refractivity (Wildman–Crippen MR) is 103 cm³/mol. The third-order valence-corrected chi connectivity index (χ3v) is 4.50. The van der Waals surface area contributed by atoms with Gasteiger partial charge in [0.2, 0.25) is 0 Å². The van der Waals surface area contributed by atoms with Crippen LogP contribution < -0.4 is 10.1 Å². The van der Waals surface area contributed by atoms with Crippen LogP contribution in [0.3, 0.4) is 0 Å². The second-order valence-electron chi connectivity index (χ2n) is 5.88. The van der Waals surface area contributed by atoms with Crippen LogP contribution in [-0.2, 0) is 6.61 Å². The Kier molecular flexibility index (Phi) is 5.55. The minimum Gasteiger partial charge on any atom is -0.486 e. The second-order valence-corrected chi connectivity index (χ2v) is 6.72. The summed E-state index contributed by atoms with van der Waals surface area (Å²) in [5.74, 6) is 1.09. The van der Waals surface area contributed by atoms with E-state index in [1.807, 2.05) is 26.0 Å². The highest BCUT2D eigenvalue weighted by Crippen LogP contribution is 2.23. The van der Waals surface area contributed by atoms with Crippen molar-refractivity contribution in [3.63, 3.8) is 0 Å². The van der Waals surface area contributed by atoms with Gasteiger partial charge >= 0.3 is 0 Å². The molecule has 0 atom stereocenters. The molecule has 0 saturated heterocycles. The van der Waals surface area contributed by atoms with Gasteiger partial charge < -0.3 is 14.5 Å². The maximum absolute atomic E-state index is 12.3. The first-order chi connectivity index (χ1) is 12.4. The van der Waals surface area contributed by atoms with Crippen LogP contribution in [0.25, 0.3) is 0 Å².